The summed E-state index contributed by atoms with van der Waals surface area (Å²) in [5, 5.41) is 3.84. The maximum atomic E-state index is 13.3. The van der Waals surface area contributed by atoms with Gasteiger partial charge in [0.15, 0.2) is 0 Å². The molecule has 1 heterocycles. The average molecular weight is 423 g/mol. The second kappa shape index (κ2) is 7.90. The predicted octanol–water partition coefficient (Wildman–Crippen LogP) is 5.03. The minimum Gasteiger partial charge on any atom is -0.381 e. The third-order valence-electron chi connectivity index (χ3n) is 4.90. The molecule has 1 atom stereocenters. The first kappa shape index (κ1) is 18.4. The molecule has 1 N–H and O–H groups in total. The largest absolute Gasteiger partial charge is 0.381 e. The number of rotatable bonds is 4. The normalized spacial score (nSPS) is 17.7. The van der Waals surface area contributed by atoms with E-state index in [1.165, 1.54) is 0 Å². The number of carbonyl (C=O) groups excluding carboxylic acids is 1. The predicted molar refractivity (Wildman–Crippen MR) is 104 cm³/mol. The zero-order valence-corrected chi connectivity index (χ0v) is 16.4. The summed E-state index contributed by atoms with van der Waals surface area (Å²) in [5.74, 6) is 0.0329. The van der Waals surface area contributed by atoms with E-state index in [-0.39, 0.29) is 11.9 Å². The van der Waals surface area contributed by atoms with Crippen LogP contribution in [0, 0.1) is 0 Å². The van der Waals surface area contributed by atoms with Gasteiger partial charge in [-0.15, -0.1) is 0 Å². The first-order chi connectivity index (χ1) is 12.0. The van der Waals surface area contributed by atoms with Gasteiger partial charge < -0.3 is 10.1 Å². The van der Waals surface area contributed by atoms with Gasteiger partial charge in [0, 0.05) is 22.7 Å². The SMILES string of the molecule is CC(NC(=O)C1(c2ccc(Br)cc2)CCOCC1)c1ccccc1Cl. The van der Waals surface area contributed by atoms with Crippen molar-refractivity contribution >= 4 is 33.4 Å². The summed E-state index contributed by atoms with van der Waals surface area (Å²) in [6.45, 7) is 3.14. The summed E-state index contributed by atoms with van der Waals surface area (Å²) in [4.78, 5) is 13.3. The molecule has 1 aliphatic heterocycles. The lowest BCUT2D eigenvalue weighted by atomic mass is 9.73. The molecule has 1 fully saturated rings. The van der Waals surface area contributed by atoms with Gasteiger partial charge in [0.05, 0.1) is 11.5 Å². The Bertz CT molecular complexity index is 742. The maximum Gasteiger partial charge on any atom is 0.231 e. The number of halogens is 2. The van der Waals surface area contributed by atoms with E-state index >= 15 is 0 Å². The van der Waals surface area contributed by atoms with Gasteiger partial charge in [-0.3, -0.25) is 4.79 Å². The lowest BCUT2D eigenvalue weighted by Gasteiger charge is -2.37. The van der Waals surface area contributed by atoms with Crippen molar-refractivity contribution < 1.29 is 9.53 Å². The molecule has 2 aromatic carbocycles. The van der Waals surface area contributed by atoms with Crippen LogP contribution in [0.2, 0.25) is 5.02 Å². The minimum atomic E-state index is -0.561. The van der Waals surface area contributed by atoms with Crippen LogP contribution in [0.3, 0.4) is 0 Å². The molecular formula is C20H21BrClNO2. The van der Waals surface area contributed by atoms with Crippen LogP contribution in [0.25, 0.3) is 0 Å². The fourth-order valence-corrected chi connectivity index (χ4v) is 3.94. The molecule has 1 saturated heterocycles. The second-order valence-electron chi connectivity index (χ2n) is 6.42. The molecule has 1 amide bonds. The van der Waals surface area contributed by atoms with E-state index in [2.05, 4.69) is 21.2 Å². The number of ether oxygens (including phenoxy) is 1. The Morgan fingerprint density at radius 2 is 1.80 bits per heavy atom. The average Bonchev–Trinajstić information content (AvgIpc) is 2.63. The molecule has 25 heavy (non-hydrogen) atoms. The Morgan fingerprint density at radius 3 is 2.44 bits per heavy atom. The van der Waals surface area contributed by atoms with Gasteiger partial charge in [-0.05, 0) is 49.1 Å². The van der Waals surface area contributed by atoms with E-state index in [1.54, 1.807) is 0 Å². The molecule has 3 nitrogen and oxygen atoms in total. The molecule has 2 aromatic rings. The Labute approximate surface area is 161 Å². The Balaban J connectivity index is 1.87. The standard InChI is InChI=1S/C20H21BrClNO2/c1-14(17-4-2-3-5-18(17)22)23-19(24)20(10-12-25-13-11-20)15-6-8-16(21)9-7-15/h2-9,14H,10-13H2,1H3,(H,23,24). The van der Waals surface area contributed by atoms with Crippen LogP contribution in [-0.4, -0.2) is 19.1 Å². The van der Waals surface area contributed by atoms with E-state index in [0.717, 1.165) is 15.6 Å². The molecule has 0 radical (unpaired) electrons. The molecule has 0 saturated carbocycles. The second-order valence-corrected chi connectivity index (χ2v) is 7.74. The van der Waals surface area contributed by atoms with Crippen molar-refractivity contribution in [1.29, 1.82) is 0 Å². The minimum absolute atomic E-state index is 0.0329. The highest BCUT2D eigenvalue weighted by Gasteiger charge is 2.42. The number of benzene rings is 2. The van der Waals surface area contributed by atoms with Gasteiger partial charge in [0.2, 0.25) is 5.91 Å². The van der Waals surface area contributed by atoms with Crippen LogP contribution in [0.1, 0.15) is 36.9 Å². The summed E-state index contributed by atoms with van der Waals surface area (Å²) in [5.41, 5.74) is 1.40. The molecule has 0 aliphatic carbocycles. The Kier molecular flexibility index (Phi) is 5.82. The highest BCUT2D eigenvalue weighted by Crippen LogP contribution is 2.36. The van der Waals surface area contributed by atoms with Gasteiger partial charge in [-0.25, -0.2) is 0 Å². The first-order valence-electron chi connectivity index (χ1n) is 8.42. The van der Waals surface area contributed by atoms with Crippen LogP contribution >= 0.6 is 27.5 Å². The highest BCUT2D eigenvalue weighted by atomic mass is 79.9. The van der Waals surface area contributed by atoms with Gasteiger partial charge in [-0.2, -0.15) is 0 Å². The number of hydrogen-bond donors (Lipinski definition) is 1. The van der Waals surface area contributed by atoms with Crippen molar-refractivity contribution in [3.8, 4) is 0 Å². The van der Waals surface area contributed by atoms with Crippen molar-refractivity contribution in [3.05, 3.63) is 69.2 Å². The van der Waals surface area contributed by atoms with E-state index in [9.17, 15) is 4.79 Å². The van der Waals surface area contributed by atoms with Crippen molar-refractivity contribution in [2.45, 2.75) is 31.2 Å². The van der Waals surface area contributed by atoms with E-state index in [4.69, 9.17) is 16.3 Å². The van der Waals surface area contributed by atoms with E-state index < -0.39 is 5.41 Å². The maximum absolute atomic E-state index is 13.3. The van der Waals surface area contributed by atoms with Gasteiger partial charge in [0.25, 0.3) is 0 Å². The molecule has 3 rings (SSSR count). The topological polar surface area (TPSA) is 38.3 Å². The monoisotopic (exact) mass is 421 g/mol. The van der Waals surface area contributed by atoms with Crippen LogP contribution in [-0.2, 0) is 14.9 Å². The van der Waals surface area contributed by atoms with Gasteiger partial charge in [0.1, 0.15) is 0 Å². The summed E-state index contributed by atoms with van der Waals surface area (Å²) in [7, 11) is 0. The molecule has 1 aliphatic rings. The number of amides is 1. The van der Waals surface area contributed by atoms with Crippen LogP contribution < -0.4 is 5.32 Å². The molecular weight excluding hydrogens is 402 g/mol. The lowest BCUT2D eigenvalue weighted by molar-refractivity contribution is -0.131. The first-order valence-corrected chi connectivity index (χ1v) is 9.59. The molecule has 1 unspecified atom stereocenters. The fraction of sp³-hybridized carbons (Fsp3) is 0.350. The van der Waals surface area contributed by atoms with Crippen LogP contribution in [0.15, 0.2) is 53.0 Å². The molecule has 5 heteroatoms. The Hall–Kier alpha value is -1.36. The molecule has 0 bridgehead atoms. The quantitative estimate of drug-likeness (QED) is 0.750. The van der Waals surface area contributed by atoms with E-state index in [0.29, 0.717) is 31.1 Å². The molecule has 132 valence electrons. The summed E-state index contributed by atoms with van der Waals surface area (Å²) in [6.07, 6.45) is 1.35. The highest BCUT2D eigenvalue weighted by molar-refractivity contribution is 9.10. The molecule has 0 aromatic heterocycles. The summed E-state index contributed by atoms with van der Waals surface area (Å²) in [6, 6.07) is 15.5. The number of carbonyl (C=O) groups is 1. The lowest BCUT2D eigenvalue weighted by Crippen LogP contribution is -2.48. The van der Waals surface area contributed by atoms with E-state index in [1.807, 2.05) is 55.5 Å². The smallest absolute Gasteiger partial charge is 0.231 e. The fourth-order valence-electron chi connectivity index (χ4n) is 3.37. The van der Waals surface area contributed by atoms with Crippen molar-refractivity contribution in [3.63, 3.8) is 0 Å². The zero-order chi connectivity index (χ0) is 17.9. The van der Waals surface area contributed by atoms with Crippen LogP contribution in [0.4, 0.5) is 0 Å². The summed E-state index contributed by atoms with van der Waals surface area (Å²) >= 11 is 9.74. The summed E-state index contributed by atoms with van der Waals surface area (Å²) < 4.78 is 6.52. The molecule has 0 spiro atoms. The van der Waals surface area contributed by atoms with Gasteiger partial charge >= 0.3 is 0 Å². The van der Waals surface area contributed by atoms with Crippen LogP contribution in [0.5, 0.6) is 0 Å². The number of nitrogens with one attached hydrogen (secondary N) is 1. The van der Waals surface area contributed by atoms with Gasteiger partial charge in [-0.1, -0.05) is 57.9 Å². The Morgan fingerprint density at radius 1 is 1.16 bits per heavy atom. The van der Waals surface area contributed by atoms with Crippen molar-refractivity contribution in [1.82, 2.24) is 5.32 Å². The third kappa shape index (κ3) is 3.91. The van der Waals surface area contributed by atoms with Crippen molar-refractivity contribution in [2.24, 2.45) is 0 Å². The number of hydrogen-bond acceptors (Lipinski definition) is 2. The van der Waals surface area contributed by atoms with Crippen molar-refractivity contribution in [2.75, 3.05) is 13.2 Å². The zero-order valence-electron chi connectivity index (χ0n) is 14.1. The third-order valence-corrected chi connectivity index (χ3v) is 5.77.